The van der Waals surface area contributed by atoms with E-state index in [1.54, 1.807) is 0 Å². The van der Waals surface area contributed by atoms with Crippen LogP contribution in [0.3, 0.4) is 0 Å². The maximum atomic E-state index is 5.97. The first-order valence-corrected chi connectivity index (χ1v) is 7.29. The standard InChI is InChI=1S/C16H29N3/c1-4-10-19(12-11-18(2)3)14-16(13-17)15-8-6-5-7-9-15/h5-9,16H,4,10-14,17H2,1-3H3. The van der Waals surface area contributed by atoms with Gasteiger partial charge in [-0.25, -0.2) is 0 Å². The van der Waals surface area contributed by atoms with Gasteiger partial charge >= 0.3 is 0 Å². The normalized spacial score (nSPS) is 13.2. The van der Waals surface area contributed by atoms with Crippen LogP contribution in [-0.4, -0.2) is 56.6 Å². The number of benzene rings is 1. The van der Waals surface area contributed by atoms with E-state index < -0.39 is 0 Å². The van der Waals surface area contributed by atoms with Crippen molar-refractivity contribution < 1.29 is 0 Å². The van der Waals surface area contributed by atoms with Gasteiger partial charge in [-0.15, -0.1) is 0 Å². The number of likely N-dealkylation sites (N-methyl/N-ethyl adjacent to an activating group) is 1. The molecule has 1 aromatic rings. The SMILES string of the molecule is CCCN(CCN(C)C)CC(CN)c1ccccc1. The third kappa shape index (κ3) is 6.19. The van der Waals surface area contributed by atoms with E-state index in [-0.39, 0.29) is 0 Å². The molecular formula is C16H29N3. The van der Waals surface area contributed by atoms with Crippen LogP contribution >= 0.6 is 0 Å². The maximum Gasteiger partial charge on any atom is 0.0109 e. The van der Waals surface area contributed by atoms with Gasteiger partial charge in [-0.1, -0.05) is 37.3 Å². The van der Waals surface area contributed by atoms with Crippen molar-refractivity contribution in [2.75, 3.05) is 46.8 Å². The van der Waals surface area contributed by atoms with Crippen LogP contribution in [0, 0.1) is 0 Å². The molecule has 0 saturated heterocycles. The Labute approximate surface area is 118 Å². The summed E-state index contributed by atoms with van der Waals surface area (Å²) in [7, 11) is 4.25. The minimum Gasteiger partial charge on any atom is -0.330 e. The molecule has 108 valence electrons. The number of nitrogens with two attached hydrogens (primary N) is 1. The van der Waals surface area contributed by atoms with Crippen LogP contribution in [-0.2, 0) is 0 Å². The van der Waals surface area contributed by atoms with Gasteiger partial charge in [-0.3, -0.25) is 0 Å². The molecule has 0 aliphatic heterocycles. The second kappa shape index (κ2) is 9.08. The van der Waals surface area contributed by atoms with Crippen LogP contribution in [0.4, 0.5) is 0 Å². The van der Waals surface area contributed by atoms with Crippen molar-refractivity contribution in [2.24, 2.45) is 5.73 Å². The fourth-order valence-corrected chi connectivity index (χ4v) is 2.30. The van der Waals surface area contributed by atoms with Gasteiger partial charge < -0.3 is 15.5 Å². The fraction of sp³-hybridized carbons (Fsp3) is 0.625. The molecule has 3 heteroatoms. The minimum atomic E-state index is 0.440. The van der Waals surface area contributed by atoms with E-state index >= 15 is 0 Å². The van der Waals surface area contributed by atoms with Crippen molar-refractivity contribution in [1.29, 1.82) is 0 Å². The maximum absolute atomic E-state index is 5.97. The molecule has 0 aromatic heterocycles. The molecule has 0 saturated carbocycles. The molecule has 19 heavy (non-hydrogen) atoms. The summed E-state index contributed by atoms with van der Waals surface area (Å²) < 4.78 is 0. The Morgan fingerprint density at radius 2 is 1.74 bits per heavy atom. The van der Waals surface area contributed by atoms with E-state index in [1.165, 1.54) is 12.0 Å². The van der Waals surface area contributed by atoms with Crippen LogP contribution in [0.2, 0.25) is 0 Å². The zero-order valence-corrected chi connectivity index (χ0v) is 12.7. The molecule has 1 atom stereocenters. The van der Waals surface area contributed by atoms with Gasteiger partial charge in [0.25, 0.3) is 0 Å². The summed E-state index contributed by atoms with van der Waals surface area (Å²) in [5, 5.41) is 0. The number of rotatable bonds is 9. The highest BCUT2D eigenvalue weighted by molar-refractivity contribution is 5.20. The van der Waals surface area contributed by atoms with E-state index in [9.17, 15) is 0 Å². The first kappa shape index (κ1) is 16.2. The van der Waals surface area contributed by atoms with Gasteiger partial charge in [0.05, 0.1) is 0 Å². The van der Waals surface area contributed by atoms with E-state index in [4.69, 9.17) is 5.73 Å². The monoisotopic (exact) mass is 263 g/mol. The van der Waals surface area contributed by atoms with Crippen LogP contribution in [0.15, 0.2) is 30.3 Å². The average Bonchev–Trinajstić information content (AvgIpc) is 2.42. The van der Waals surface area contributed by atoms with E-state index in [2.05, 4.69) is 61.2 Å². The highest BCUT2D eigenvalue weighted by atomic mass is 15.2. The Balaban J connectivity index is 2.59. The molecule has 0 radical (unpaired) electrons. The van der Waals surface area contributed by atoms with Crippen LogP contribution < -0.4 is 5.73 Å². The lowest BCUT2D eigenvalue weighted by Crippen LogP contribution is -2.37. The molecular weight excluding hydrogens is 234 g/mol. The van der Waals surface area contributed by atoms with E-state index in [1.807, 2.05) is 0 Å². The summed E-state index contributed by atoms with van der Waals surface area (Å²) in [5.41, 5.74) is 7.33. The van der Waals surface area contributed by atoms with Crippen molar-refractivity contribution in [1.82, 2.24) is 9.80 Å². The molecule has 3 nitrogen and oxygen atoms in total. The molecule has 0 spiro atoms. The van der Waals surface area contributed by atoms with Gasteiger partial charge in [0.2, 0.25) is 0 Å². The van der Waals surface area contributed by atoms with Crippen molar-refractivity contribution >= 4 is 0 Å². The largest absolute Gasteiger partial charge is 0.330 e. The molecule has 0 heterocycles. The number of hydrogen-bond donors (Lipinski definition) is 1. The van der Waals surface area contributed by atoms with Gasteiger partial charge in [0, 0.05) is 32.1 Å². The zero-order valence-electron chi connectivity index (χ0n) is 12.7. The minimum absolute atomic E-state index is 0.440. The first-order valence-electron chi connectivity index (χ1n) is 7.29. The smallest absolute Gasteiger partial charge is 0.0109 e. The summed E-state index contributed by atoms with van der Waals surface area (Å²) in [6.07, 6.45) is 1.19. The Hall–Kier alpha value is -0.900. The van der Waals surface area contributed by atoms with Gasteiger partial charge in [0.1, 0.15) is 0 Å². The average molecular weight is 263 g/mol. The third-order valence-corrected chi connectivity index (χ3v) is 3.44. The lowest BCUT2D eigenvalue weighted by Gasteiger charge is -2.28. The third-order valence-electron chi connectivity index (χ3n) is 3.44. The number of nitrogens with zero attached hydrogens (tertiary/aromatic N) is 2. The molecule has 1 unspecified atom stereocenters. The Morgan fingerprint density at radius 1 is 1.05 bits per heavy atom. The van der Waals surface area contributed by atoms with Crippen molar-refractivity contribution in [3.8, 4) is 0 Å². The number of hydrogen-bond acceptors (Lipinski definition) is 3. The van der Waals surface area contributed by atoms with Crippen molar-refractivity contribution in [2.45, 2.75) is 19.3 Å². The van der Waals surface area contributed by atoms with E-state index in [0.717, 1.165) is 26.2 Å². The molecule has 0 fully saturated rings. The van der Waals surface area contributed by atoms with Gasteiger partial charge in [0.15, 0.2) is 0 Å². The zero-order chi connectivity index (χ0) is 14.1. The van der Waals surface area contributed by atoms with Crippen LogP contribution in [0.5, 0.6) is 0 Å². The summed E-state index contributed by atoms with van der Waals surface area (Å²) >= 11 is 0. The summed E-state index contributed by atoms with van der Waals surface area (Å²) in [4.78, 5) is 4.77. The molecule has 0 aliphatic rings. The highest BCUT2D eigenvalue weighted by Gasteiger charge is 2.14. The predicted molar refractivity (Wildman–Crippen MR) is 83.5 cm³/mol. The fourth-order valence-electron chi connectivity index (χ4n) is 2.30. The second-order valence-electron chi connectivity index (χ2n) is 5.45. The highest BCUT2D eigenvalue weighted by Crippen LogP contribution is 2.15. The molecule has 1 rings (SSSR count). The molecule has 0 amide bonds. The molecule has 1 aromatic carbocycles. The van der Waals surface area contributed by atoms with Crippen molar-refractivity contribution in [3.05, 3.63) is 35.9 Å². The quantitative estimate of drug-likeness (QED) is 0.739. The Kier molecular flexibility index (Phi) is 7.72. The summed E-state index contributed by atoms with van der Waals surface area (Å²) in [5.74, 6) is 0.440. The summed E-state index contributed by atoms with van der Waals surface area (Å²) in [6.45, 7) is 7.38. The lowest BCUT2D eigenvalue weighted by molar-refractivity contribution is 0.229. The lowest BCUT2D eigenvalue weighted by atomic mass is 9.98. The van der Waals surface area contributed by atoms with E-state index in [0.29, 0.717) is 12.5 Å². The predicted octanol–water partition coefficient (Wildman–Crippen LogP) is 2.00. The molecule has 0 bridgehead atoms. The first-order chi connectivity index (χ1) is 9.17. The Bertz CT molecular complexity index is 324. The Morgan fingerprint density at radius 3 is 2.26 bits per heavy atom. The topological polar surface area (TPSA) is 32.5 Å². The second-order valence-corrected chi connectivity index (χ2v) is 5.45. The molecule has 0 aliphatic carbocycles. The van der Waals surface area contributed by atoms with Gasteiger partial charge in [-0.05, 0) is 32.6 Å². The van der Waals surface area contributed by atoms with Gasteiger partial charge in [-0.2, -0.15) is 0 Å². The van der Waals surface area contributed by atoms with Crippen LogP contribution in [0.25, 0.3) is 0 Å². The van der Waals surface area contributed by atoms with Crippen LogP contribution in [0.1, 0.15) is 24.8 Å². The molecule has 2 N–H and O–H groups in total. The van der Waals surface area contributed by atoms with Crippen molar-refractivity contribution in [3.63, 3.8) is 0 Å². The summed E-state index contributed by atoms with van der Waals surface area (Å²) in [6, 6.07) is 10.6.